The summed E-state index contributed by atoms with van der Waals surface area (Å²) in [5, 5.41) is 0. The number of allylic oxidation sites excluding steroid dienone is 1. The lowest BCUT2D eigenvalue weighted by Gasteiger charge is -2.21. The molecule has 0 spiro atoms. The maximum absolute atomic E-state index is 11.5. The van der Waals surface area contributed by atoms with Crippen LogP contribution in [0.3, 0.4) is 0 Å². The van der Waals surface area contributed by atoms with Gasteiger partial charge in [0, 0.05) is 23.6 Å². The van der Waals surface area contributed by atoms with Crippen molar-refractivity contribution in [2.24, 2.45) is 0 Å². The molecule has 3 rings (SSSR count). The van der Waals surface area contributed by atoms with Crippen LogP contribution < -0.4 is 9.47 Å². The molecule has 0 radical (unpaired) electrons. The maximum Gasteiger partial charge on any atom is 0.162 e. The van der Waals surface area contributed by atoms with Gasteiger partial charge in [-0.1, -0.05) is 0 Å². The van der Waals surface area contributed by atoms with E-state index in [4.69, 9.17) is 14.2 Å². The van der Waals surface area contributed by atoms with Gasteiger partial charge in [0.05, 0.1) is 19.8 Å². The molecule has 19 heavy (non-hydrogen) atoms. The summed E-state index contributed by atoms with van der Waals surface area (Å²) in [6.45, 7) is 2.04. The van der Waals surface area contributed by atoms with Gasteiger partial charge in [-0.15, -0.1) is 0 Å². The van der Waals surface area contributed by atoms with Crippen LogP contribution in [0.5, 0.6) is 11.5 Å². The van der Waals surface area contributed by atoms with E-state index in [1.54, 1.807) is 7.11 Å². The molecule has 0 aromatic heterocycles. The van der Waals surface area contributed by atoms with Gasteiger partial charge in [0.15, 0.2) is 5.78 Å². The zero-order valence-corrected chi connectivity index (χ0v) is 11.0. The second kappa shape index (κ2) is 4.61. The summed E-state index contributed by atoms with van der Waals surface area (Å²) in [5.41, 5.74) is 2.01. The van der Waals surface area contributed by atoms with Crippen LogP contribution in [0.25, 0.3) is 0 Å². The van der Waals surface area contributed by atoms with Crippen molar-refractivity contribution < 1.29 is 19.0 Å². The number of carbonyl (C=O) groups is 1. The van der Waals surface area contributed by atoms with Crippen molar-refractivity contribution in [1.29, 1.82) is 0 Å². The topological polar surface area (TPSA) is 44.8 Å². The van der Waals surface area contributed by atoms with E-state index in [9.17, 15) is 4.79 Å². The minimum Gasteiger partial charge on any atom is -0.496 e. The third-order valence-electron chi connectivity index (χ3n) is 3.48. The number of hydrogen-bond acceptors (Lipinski definition) is 4. The lowest BCUT2D eigenvalue weighted by molar-refractivity contribution is -0.118. The molecule has 100 valence electrons. The third kappa shape index (κ3) is 2.18. The highest BCUT2D eigenvalue weighted by Gasteiger charge is 2.27. The van der Waals surface area contributed by atoms with E-state index in [2.05, 4.69) is 0 Å². The maximum atomic E-state index is 11.5. The first kappa shape index (κ1) is 12.1. The van der Waals surface area contributed by atoms with Crippen LogP contribution in [0.2, 0.25) is 0 Å². The van der Waals surface area contributed by atoms with E-state index in [0.29, 0.717) is 6.42 Å². The summed E-state index contributed by atoms with van der Waals surface area (Å²) >= 11 is 0. The Hall–Kier alpha value is -1.97. The quantitative estimate of drug-likeness (QED) is 0.819. The number of ketones is 1. The van der Waals surface area contributed by atoms with E-state index < -0.39 is 0 Å². The summed E-state index contributed by atoms with van der Waals surface area (Å²) < 4.78 is 16.7. The Labute approximate surface area is 112 Å². The zero-order valence-electron chi connectivity index (χ0n) is 11.0. The predicted molar refractivity (Wildman–Crippen MR) is 69.4 cm³/mol. The first-order chi connectivity index (χ1) is 9.17. The average Bonchev–Trinajstić information content (AvgIpc) is 2.76. The van der Waals surface area contributed by atoms with Gasteiger partial charge >= 0.3 is 0 Å². The smallest absolute Gasteiger partial charge is 0.162 e. The molecule has 2 heterocycles. The number of methoxy groups -OCH3 is 1. The Morgan fingerprint density at radius 2 is 2.16 bits per heavy atom. The van der Waals surface area contributed by atoms with Crippen molar-refractivity contribution in [2.45, 2.75) is 32.0 Å². The summed E-state index contributed by atoms with van der Waals surface area (Å²) in [7, 11) is 1.63. The number of benzene rings is 1. The Kier molecular flexibility index (Phi) is 2.93. The van der Waals surface area contributed by atoms with Gasteiger partial charge in [0.2, 0.25) is 0 Å². The van der Waals surface area contributed by atoms with Crippen molar-refractivity contribution in [1.82, 2.24) is 0 Å². The summed E-state index contributed by atoms with van der Waals surface area (Å²) in [5.74, 6) is 1.69. The first-order valence-corrected chi connectivity index (χ1v) is 6.39. The Morgan fingerprint density at radius 3 is 2.89 bits per heavy atom. The molecule has 0 N–H and O–H groups in total. The molecule has 1 aromatic carbocycles. The Balaban J connectivity index is 1.99. The number of rotatable bonds is 2. The van der Waals surface area contributed by atoms with E-state index >= 15 is 0 Å². The highest BCUT2D eigenvalue weighted by Crippen LogP contribution is 2.40. The fourth-order valence-electron chi connectivity index (χ4n) is 2.58. The van der Waals surface area contributed by atoms with Crippen molar-refractivity contribution in [3.8, 4) is 11.5 Å². The molecular formula is C15H16O4. The highest BCUT2D eigenvalue weighted by molar-refractivity contribution is 5.90. The van der Waals surface area contributed by atoms with E-state index in [1.165, 1.54) is 12.3 Å². The number of carbonyl (C=O) groups excluding carboxylic acids is 1. The molecule has 0 amide bonds. The van der Waals surface area contributed by atoms with Gasteiger partial charge in [-0.25, -0.2) is 0 Å². The molecule has 4 heteroatoms. The Bertz CT molecular complexity index is 547. The van der Waals surface area contributed by atoms with E-state index in [0.717, 1.165) is 29.0 Å². The standard InChI is InChI=1S/C15H16O4/c1-9-5-10-6-14(17-2)12(8-13(10)19-9)15-7-11(16)3-4-18-15/h3-4,6,8-9,15H,5,7H2,1-2H3. The van der Waals surface area contributed by atoms with Crippen LogP contribution in [0.4, 0.5) is 0 Å². The van der Waals surface area contributed by atoms with E-state index in [-0.39, 0.29) is 18.0 Å². The average molecular weight is 260 g/mol. The normalized spacial score (nSPS) is 24.6. The SMILES string of the molecule is COc1cc2c(cc1C1CC(=O)C=CO1)OC(C)C2. The van der Waals surface area contributed by atoms with Crippen LogP contribution in [-0.2, 0) is 16.0 Å². The van der Waals surface area contributed by atoms with Crippen molar-refractivity contribution in [2.75, 3.05) is 7.11 Å². The summed E-state index contributed by atoms with van der Waals surface area (Å²) in [4.78, 5) is 11.5. The van der Waals surface area contributed by atoms with Gasteiger partial charge in [-0.3, -0.25) is 4.79 Å². The highest BCUT2D eigenvalue weighted by atomic mass is 16.5. The first-order valence-electron chi connectivity index (χ1n) is 6.39. The van der Waals surface area contributed by atoms with Crippen molar-refractivity contribution in [3.63, 3.8) is 0 Å². The van der Waals surface area contributed by atoms with Gasteiger partial charge in [-0.2, -0.15) is 0 Å². The molecule has 1 aromatic rings. The summed E-state index contributed by atoms with van der Waals surface area (Å²) in [6, 6.07) is 3.93. The van der Waals surface area contributed by atoms with Gasteiger partial charge in [0.1, 0.15) is 23.7 Å². The molecule has 0 fully saturated rings. The van der Waals surface area contributed by atoms with Gasteiger partial charge in [0.25, 0.3) is 0 Å². The van der Waals surface area contributed by atoms with Crippen LogP contribution in [0.1, 0.15) is 30.6 Å². The number of ether oxygens (including phenoxy) is 3. The van der Waals surface area contributed by atoms with Crippen LogP contribution in [0, 0.1) is 0 Å². The summed E-state index contributed by atoms with van der Waals surface area (Å²) in [6.07, 6.45) is 4.01. The molecule has 2 atom stereocenters. The molecule has 0 aliphatic carbocycles. The molecule has 2 unspecified atom stereocenters. The Morgan fingerprint density at radius 1 is 1.32 bits per heavy atom. The largest absolute Gasteiger partial charge is 0.496 e. The lowest BCUT2D eigenvalue weighted by atomic mass is 9.98. The minimum absolute atomic E-state index is 0.0630. The van der Waals surface area contributed by atoms with Gasteiger partial charge in [-0.05, 0) is 19.1 Å². The molecule has 4 nitrogen and oxygen atoms in total. The monoisotopic (exact) mass is 260 g/mol. The van der Waals surface area contributed by atoms with Crippen LogP contribution in [0.15, 0.2) is 24.5 Å². The zero-order chi connectivity index (χ0) is 13.4. The molecular weight excluding hydrogens is 244 g/mol. The van der Waals surface area contributed by atoms with Crippen LogP contribution in [-0.4, -0.2) is 19.0 Å². The predicted octanol–water partition coefficient (Wildman–Crippen LogP) is 2.56. The molecule has 2 aliphatic rings. The van der Waals surface area contributed by atoms with Crippen molar-refractivity contribution >= 4 is 5.78 Å². The van der Waals surface area contributed by atoms with E-state index in [1.807, 2.05) is 19.1 Å². The van der Waals surface area contributed by atoms with Crippen molar-refractivity contribution in [3.05, 3.63) is 35.6 Å². The van der Waals surface area contributed by atoms with Gasteiger partial charge < -0.3 is 14.2 Å². The number of fused-ring (bicyclic) bond motifs is 1. The minimum atomic E-state index is -0.294. The molecule has 2 aliphatic heterocycles. The molecule has 0 bridgehead atoms. The second-order valence-electron chi connectivity index (χ2n) is 4.93. The second-order valence-corrected chi connectivity index (χ2v) is 4.93. The lowest BCUT2D eigenvalue weighted by Crippen LogP contribution is -2.12. The number of hydrogen-bond donors (Lipinski definition) is 0. The molecule has 0 saturated carbocycles. The fraction of sp³-hybridized carbons (Fsp3) is 0.400. The molecule has 0 saturated heterocycles. The fourth-order valence-corrected chi connectivity index (χ4v) is 2.58. The third-order valence-corrected chi connectivity index (χ3v) is 3.48. The van der Waals surface area contributed by atoms with Crippen LogP contribution >= 0.6 is 0 Å².